The van der Waals surface area contributed by atoms with Gasteiger partial charge in [-0.15, -0.1) is 22.7 Å². The quantitative estimate of drug-likeness (QED) is 0.159. The number of nitriles is 3. The molecule has 178 valence electrons. The van der Waals surface area contributed by atoms with Gasteiger partial charge in [0, 0.05) is 10.6 Å². The fraction of sp³-hybridized carbons (Fsp3) is 0.207. The third kappa shape index (κ3) is 5.42. The molecule has 3 aromatic heterocycles. The highest BCUT2D eigenvalue weighted by atomic mass is 32.1. The van der Waals surface area contributed by atoms with Gasteiger partial charge in [0.05, 0.1) is 33.3 Å². The Balaban J connectivity index is 1.70. The lowest BCUT2D eigenvalue weighted by Gasteiger charge is -2.14. The number of nitrogens with zero attached hydrogens (tertiary/aromatic N) is 4. The highest BCUT2D eigenvalue weighted by Crippen LogP contribution is 2.39. The van der Waals surface area contributed by atoms with Crippen LogP contribution < -0.4 is 4.74 Å². The Kier molecular flexibility index (Phi) is 8.37. The molecule has 4 rings (SSSR count). The highest BCUT2D eigenvalue weighted by Gasteiger charge is 2.18. The van der Waals surface area contributed by atoms with Gasteiger partial charge in [0.15, 0.2) is 0 Å². The number of rotatable bonds is 10. The van der Waals surface area contributed by atoms with Gasteiger partial charge >= 0.3 is 0 Å². The van der Waals surface area contributed by atoms with Gasteiger partial charge in [0.2, 0.25) is 0 Å². The van der Waals surface area contributed by atoms with Crippen molar-refractivity contribution in [3.05, 3.63) is 76.5 Å². The molecule has 0 saturated carbocycles. The van der Waals surface area contributed by atoms with E-state index in [9.17, 15) is 15.8 Å². The van der Waals surface area contributed by atoms with Gasteiger partial charge in [-0.25, -0.2) is 0 Å². The summed E-state index contributed by atoms with van der Waals surface area (Å²) in [4.78, 5) is 2.68. The van der Waals surface area contributed by atoms with Crippen molar-refractivity contribution in [3.63, 3.8) is 0 Å². The molecule has 0 radical (unpaired) electrons. The second-order valence-corrected chi connectivity index (χ2v) is 10.1. The van der Waals surface area contributed by atoms with Crippen LogP contribution in [-0.2, 0) is 0 Å². The van der Waals surface area contributed by atoms with E-state index in [-0.39, 0.29) is 11.1 Å². The first-order chi connectivity index (χ1) is 17.7. The lowest BCUT2D eigenvalue weighted by molar-refractivity contribution is 0.305. The Morgan fingerprint density at radius 3 is 2.22 bits per heavy atom. The van der Waals surface area contributed by atoms with Crippen LogP contribution in [0.2, 0.25) is 0 Å². The molecular weight excluding hydrogens is 484 g/mol. The lowest BCUT2D eigenvalue weighted by Crippen LogP contribution is -2.00. The van der Waals surface area contributed by atoms with E-state index in [2.05, 4.69) is 47.2 Å². The minimum Gasteiger partial charge on any atom is -0.494 e. The van der Waals surface area contributed by atoms with E-state index in [1.807, 2.05) is 42.5 Å². The Morgan fingerprint density at radius 2 is 1.58 bits per heavy atom. The van der Waals surface area contributed by atoms with Crippen LogP contribution in [0.25, 0.3) is 32.4 Å². The van der Waals surface area contributed by atoms with Crippen molar-refractivity contribution < 1.29 is 4.74 Å². The van der Waals surface area contributed by atoms with Crippen molar-refractivity contribution >= 4 is 28.2 Å². The molecule has 0 bridgehead atoms. The van der Waals surface area contributed by atoms with Crippen LogP contribution in [0.15, 0.2) is 71.6 Å². The summed E-state index contributed by atoms with van der Waals surface area (Å²) in [5, 5.41) is 30.1. The Morgan fingerprint density at radius 1 is 0.833 bits per heavy atom. The maximum absolute atomic E-state index is 9.56. The number of thiophene rings is 2. The zero-order chi connectivity index (χ0) is 25.3. The molecule has 0 aliphatic heterocycles. The Bertz CT molecular complexity index is 1450. The summed E-state index contributed by atoms with van der Waals surface area (Å²) in [5.41, 5.74) is 2.96. The summed E-state index contributed by atoms with van der Waals surface area (Å²) in [6.07, 6.45) is 4.67. The van der Waals surface area contributed by atoms with E-state index in [0.717, 1.165) is 39.0 Å². The van der Waals surface area contributed by atoms with Crippen molar-refractivity contribution in [1.29, 1.82) is 15.8 Å². The first kappa shape index (κ1) is 25.0. The largest absolute Gasteiger partial charge is 0.494 e. The highest BCUT2D eigenvalue weighted by molar-refractivity contribution is 7.16. The standard InChI is InChI=1S/C29H24N4OS2/c1-2-3-4-5-16-34-23-10-8-22(9-11-23)33-25(28-7-6-17-35-28)12-13-26(33)29-15-14-27(36-29)24(20-32)21(18-30)19-31/h6-15,17H,2-5,16H2,1H3. The molecule has 7 heteroatoms. The molecule has 0 unspecified atom stereocenters. The summed E-state index contributed by atoms with van der Waals surface area (Å²) in [6.45, 7) is 2.92. The number of aromatic nitrogens is 1. The smallest absolute Gasteiger partial charge is 0.148 e. The Labute approximate surface area is 219 Å². The van der Waals surface area contributed by atoms with Crippen molar-refractivity contribution in [2.75, 3.05) is 6.61 Å². The van der Waals surface area contributed by atoms with Crippen LogP contribution in [0.1, 0.15) is 37.5 Å². The molecule has 0 aliphatic rings. The molecule has 0 atom stereocenters. The van der Waals surface area contributed by atoms with Crippen LogP contribution in [0.5, 0.6) is 5.75 Å². The molecule has 0 amide bonds. The third-order valence-corrected chi connectivity index (χ3v) is 7.72. The maximum atomic E-state index is 9.56. The first-order valence-corrected chi connectivity index (χ1v) is 13.4. The molecule has 0 saturated heterocycles. The summed E-state index contributed by atoms with van der Waals surface area (Å²) in [5.74, 6) is 0.851. The minimum absolute atomic E-state index is 0.105. The average Bonchev–Trinajstić information content (AvgIpc) is 3.68. The van der Waals surface area contributed by atoms with Crippen molar-refractivity contribution in [2.24, 2.45) is 0 Å². The van der Waals surface area contributed by atoms with E-state index in [1.54, 1.807) is 17.4 Å². The topological polar surface area (TPSA) is 85.5 Å². The molecule has 36 heavy (non-hydrogen) atoms. The van der Waals surface area contributed by atoms with E-state index in [4.69, 9.17) is 4.74 Å². The second-order valence-electron chi connectivity index (χ2n) is 8.07. The predicted octanol–water partition coefficient (Wildman–Crippen LogP) is 8.22. The number of hydrogen-bond acceptors (Lipinski definition) is 6. The molecule has 4 aromatic rings. The molecule has 1 aromatic carbocycles. The first-order valence-electron chi connectivity index (χ1n) is 11.7. The fourth-order valence-corrected chi connectivity index (χ4v) is 5.68. The molecule has 0 fully saturated rings. The van der Waals surface area contributed by atoms with Crippen LogP contribution in [0.4, 0.5) is 0 Å². The third-order valence-electron chi connectivity index (χ3n) is 5.71. The number of allylic oxidation sites excluding steroid dienone is 2. The van der Waals surface area contributed by atoms with E-state index < -0.39 is 0 Å². The van der Waals surface area contributed by atoms with Crippen LogP contribution >= 0.6 is 22.7 Å². The number of benzene rings is 1. The monoisotopic (exact) mass is 508 g/mol. The normalized spacial score (nSPS) is 10.3. The molecule has 0 spiro atoms. The van der Waals surface area contributed by atoms with E-state index in [1.165, 1.54) is 30.6 Å². The lowest BCUT2D eigenvalue weighted by atomic mass is 10.1. The van der Waals surface area contributed by atoms with Gasteiger partial charge in [0.1, 0.15) is 29.5 Å². The molecule has 5 nitrogen and oxygen atoms in total. The van der Waals surface area contributed by atoms with E-state index in [0.29, 0.717) is 11.5 Å². The number of unbranched alkanes of at least 4 members (excludes halogenated alkanes) is 3. The van der Waals surface area contributed by atoms with Gasteiger partial charge in [-0.05, 0) is 66.4 Å². The summed E-state index contributed by atoms with van der Waals surface area (Å²) in [6, 6.07) is 25.8. The van der Waals surface area contributed by atoms with Gasteiger partial charge in [0.25, 0.3) is 0 Å². The van der Waals surface area contributed by atoms with Gasteiger partial charge < -0.3 is 9.30 Å². The summed E-state index contributed by atoms with van der Waals surface area (Å²) >= 11 is 3.07. The van der Waals surface area contributed by atoms with Gasteiger partial charge in [-0.3, -0.25) is 0 Å². The van der Waals surface area contributed by atoms with Crippen molar-refractivity contribution in [2.45, 2.75) is 32.6 Å². The average molecular weight is 509 g/mol. The summed E-state index contributed by atoms with van der Waals surface area (Å²) < 4.78 is 8.13. The molecule has 3 heterocycles. The predicted molar refractivity (Wildman–Crippen MR) is 146 cm³/mol. The molecular formula is C29H24N4OS2. The zero-order valence-electron chi connectivity index (χ0n) is 19.9. The number of hydrogen-bond donors (Lipinski definition) is 0. The van der Waals surface area contributed by atoms with Gasteiger partial charge in [-0.2, -0.15) is 15.8 Å². The maximum Gasteiger partial charge on any atom is 0.148 e. The second kappa shape index (κ2) is 12.0. The van der Waals surface area contributed by atoms with Crippen molar-refractivity contribution in [3.8, 4) is 50.8 Å². The SMILES string of the molecule is CCCCCCOc1ccc(-n2c(-c3cccs3)ccc2-c2ccc(C(C#N)=C(C#N)C#N)s2)cc1. The Hall–Kier alpha value is -4.09. The van der Waals surface area contributed by atoms with Gasteiger partial charge in [-0.1, -0.05) is 32.3 Å². The minimum atomic E-state index is -0.175. The van der Waals surface area contributed by atoms with Crippen molar-refractivity contribution in [1.82, 2.24) is 4.57 Å². The molecule has 0 aliphatic carbocycles. The van der Waals surface area contributed by atoms with Crippen LogP contribution in [-0.4, -0.2) is 11.2 Å². The van der Waals surface area contributed by atoms with Crippen LogP contribution in [0.3, 0.4) is 0 Å². The summed E-state index contributed by atoms with van der Waals surface area (Å²) in [7, 11) is 0. The fourth-order valence-electron chi connectivity index (χ4n) is 3.92. The zero-order valence-corrected chi connectivity index (χ0v) is 21.5. The van der Waals surface area contributed by atoms with Crippen LogP contribution in [0, 0.1) is 34.0 Å². The molecule has 0 N–H and O–H groups in total. The van der Waals surface area contributed by atoms with E-state index >= 15 is 0 Å². The number of ether oxygens (including phenoxy) is 1.